The summed E-state index contributed by atoms with van der Waals surface area (Å²) in [4.78, 5) is 23.2. The van der Waals surface area contributed by atoms with Gasteiger partial charge in [-0.3, -0.25) is 9.59 Å². The maximum absolute atomic E-state index is 11.9. The molecule has 0 atom stereocenters. The van der Waals surface area contributed by atoms with Gasteiger partial charge in [0.1, 0.15) is 11.5 Å². The van der Waals surface area contributed by atoms with Gasteiger partial charge >= 0.3 is 0 Å². The molecule has 2 aromatic rings. The van der Waals surface area contributed by atoms with Crippen molar-refractivity contribution in [3.63, 3.8) is 0 Å². The van der Waals surface area contributed by atoms with Crippen molar-refractivity contribution in [3.05, 3.63) is 53.6 Å². The molecule has 0 bridgehead atoms. The number of benzene rings is 2. The number of anilines is 1. The number of carbonyl (C=O) groups is 2. The summed E-state index contributed by atoms with van der Waals surface area (Å²) in [6, 6.07) is 13.5. The zero-order valence-electron chi connectivity index (χ0n) is 13.8. The van der Waals surface area contributed by atoms with Crippen molar-refractivity contribution >= 4 is 29.1 Å². The minimum atomic E-state index is -0.286. The fourth-order valence-electron chi connectivity index (χ4n) is 1.91. The fourth-order valence-corrected chi connectivity index (χ4v) is 2.03. The molecule has 0 heterocycles. The molecule has 0 unspecified atom stereocenters. The predicted molar refractivity (Wildman–Crippen MR) is 96.2 cm³/mol. The molecule has 0 fully saturated rings. The van der Waals surface area contributed by atoms with Crippen LogP contribution in [0.2, 0.25) is 5.02 Å². The molecule has 0 radical (unpaired) electrons. The van der Waals surface area contributed by atoms with E-state index in [0.717, 1.165) is 0 Å². The van der Waals surface area contributed by atoms with E-state index in [4.69, 9.17) is 21.1 Å². The van der Waals surface area contributed by atoms with E-state index in [1.54, 1.807) is 48.5 Å². The molecule has 0 aliphatic rings. The first-order chi connectivity index (χ1) is 12.1. The number of hydrogen-bond acceptors (Lipinski definition) is 4. The van der Waals surface area contributed by atoms with Gasteiger partial charge in [0.05, 0.1) is 0 Å². The Balaban J connectivity index is 1.77. The highest BCUT2D eigenvalue weighted by Crippen LogP contribution is 2.17. The Morgan fingerprint density at radius 1 is 0.880 bits per heavy atom. The zero-order chi connectivity index (χ0) is 18.1. The Bertz CT molecular complexity index is 702. The van der Waals surface area contributed by atoms with Crippen LogP contribution in [0.1, 0.15) is 6.92 Å². The number of hydrogen-bond donors (Lipinski definition) is 2. The highest BCUT2D eigenvalue weighted by molar-refractivity contribution is 6.30. The molecule has 0 aromatic heterocycles. The summed E-state index contributed by atoms with van der Waals surface area (Å²) in [5.74, 6) is 0.639. The second-order valence-electron chi connectivity index (χ2n) is 5.06. The largest absolute Gasteiger partial charge is 0.484 e. The predicted octanol–water partition coefficient (Wildman–Crippen LogP) is 2.87. The van der Waals surface area contributed by atoms with Crippen LogP contribution < -0.4 is 20.1 Å². The van der Waals surface area contributed by atoms with Gasteiger partial charge in [-0.2, -0.15) is 0 Å². The van der Waals surface area contributed by atoms with Gasteiger partial charge in [0.15, 0.2) is 13.2 Å². The molecule has 2 amide bonds. The molecule has 132 valence electrons. The molecule has 7 heteroatoms. The van der Waals surface area contributed by atoms with Crippen molar-refractivity contribution in [2.45, 2.75) is 6.92 Å². The zero-order valence-corrected chi connectivity index (χ0v) is 14.5. The quantitative estimate of drug-likeness (QED) is 0.757. The molecule has 0 spiro atoms. The molecule has 2 rings (SSSR count). The summed E-state index contributed by atoms with van der Waals surface area (Å²) in [6.45, 7) is 2.24. The lowest BCUT2D eigenvalue weighted by molar-refractivity contribution is -0.123. The van der Waals surface area contributed by atoms with Crippen LogP contribution in [0.4, 0.5) is 5.69 Å². The van der Waals surface area contributed by atoms with Crippen LogP contribution in [0, 0.1) is 0 Å². The number of carbonyl (C=O) groups excluding carboxylic acids is 2. The van der Waals surface area contributed by atoms with E-state index in [1.165, 1.54) is 0 Å². The first-order valence-corrected chi connectivity index (χ1v) is 8.12. The SMILES string of the molecule is CCNC(=O)COc1ccc(NC(=O)COc2ccc(Cl)cc2)cc1. The number of ether oxygens (including phenoxy) is 2. The summed E-state index contributed by atoms with van der Waals surface area (Å²) >= 11 is 5.78. The molecule has 6 nitrogen and oxygen atoms in total. The minimum absolute atomic E-state index is 0.0471. The summed E-state index contributed by atoms with van der Waals surface area (Å²) in [6.07, 6.45) is 0. The Kier molecular flexibility index (Phi) is 7.10. The van der Waals surface area contributed by atoms with Gasteiger partial charge in [0.25, 0.3) is 11.8 Å². The van der Waals surface area contributed by atoms with Crippen LogP contribution in [0.5, 0.6) is 11.5 Å². The number of likely N-dealkylation sites (N-methyl/N-ethyl adjacent to an activating group) is 1. The topological polar surface area (TPSA) is 76.7 Å². The highest BCUT2D eigenvalue weighted by atomic mass is 35.5. The first-order valence-electron chi connectivity index (χ1n) is 7.74. The molecule has 25 heavy (non-hydrogen) atoms. The first kappa shape index (κ1) is 18.6. The lowest BCUT2D eigenvalue weighted by Crippen LogP contribution is -2.28. The lowest BCUT2D eigenvalue weighted by Gasteiger charge is -2.09. The van der Waals surface area contributed by atoms with Crippen LogP contribution in [0.25, 0.3) is 0 Å². The normalized spacial score (nSPS) is 10.0. The van der Waals surface area contributed by atoms with Crippen LogP contribution in [-0.4, -0.2) is 31.6 Å². The summed E-state index contributed by atoms with van der Waals surface area (Å²) in [7, 11) is 0. The number of nitrogens with one attached hydrogen (secondary N) is 2. The van der Waals surface area contributed by atoms with Crippen molar-refractivity contribution in [2.75, 3.05) is 25.1 Å². The highest BCUT2D eigenvalue weighted by Gasteiger charge is 2.05. The van der Waals surface area contributed by atoms with Gasteiger partial charge in [0.2, 0.25) is 0 Å². The average Bonchev–Trinajstić information content (AvgIpc) is 2.61. The van der Waals surface area contributed by atoms with E-state index in [-0.39, 0.29) is 25.0 Å². The number of rotatable bonds is 8. The van der Waals surface area contributed by atoms with E-state index >= 15 is 0 Å². The molecule has 2 N–H and O–H groups in total. The molecular formula is C18H19ClN2O4. The van der Waals surface area contributed by atoms with Crippen molar-refractivity contribution in [2.24, 2.45) is 0 Å². The number of amides is 2. The van der Waals surface area contributed by atoms with E-state index < -0.39 is 0 Å². The third kappa shape index (κ3) is 6.73. The summed E-state index contributed by atoms with van der Waals surface area (Å²) in [5.41, 5.74) is 0.607. The second-order valence-corrected chi connectivity index (χ2v) is 5.49. The fraction of sp³-hybridized carbons (Fsp3) is 0.222. The summed E-state index contributed by atoms with van der Waals surface area (Å²) in [5, 5.41) is 5.96. The number of halogens is 1. The molecule has 2 aromatic carbocycles. The molecule has 0 saturated heterocycles. The van der Waals surface area contributed by atoms with Crippen molar-refractivity contribution < 1.29 is 19.1 Å². The average molecular weight is 363 g/mol. The minimum Gasteiger partial charge on any atom is -0.484 e. The Morgan fingerprint density at radius 2 is 1.40 bits per heavy atom. The van der Waals surface area contributed by atoms with Crippen LogP contribution in [-0.2, 0) is 9.59 Å². The van der Waals surface area contributed by atoms with Crippen molar-refractivity contribution in [1.29, 1.82) is 0 Å². The van der Waals surface area contributed by atoms with Crippen molar-refractivity contribution in [1.82, 2.24) is 5.32 Å². The van der Waals surface area contributed by atoms with E-state index in [1.807, 2.05) is 6.92 Å². The molecule has 0 saturated carbocycles. The Morgan fingerprint density at radius 3 is 1.96 bits per heavy atom. The smallest absolute Gasteiger partial charge is 0.262 e. The van der Waals surface area contributed by atoms with Gasteiger partial charge in [0, 0.05) is 17.3 Å². The van der Waals surface area contributed by atoms with Gasteiger partial charge in [-0.25, -0.2) is 0 Å². The van der Waals surface area contributed by atoms with Crippen LogP contribution in [0.3, 0.4) is 0 Å². The third-order valence-corrected chi connectivity index (χ3v) is 3.32. The Labute approximate surface area is 151 Å². The maximum Gasteiger partial charge on any atom is 0.262 e. The van der Waals surface area contributed by atoms with Gasteiger partial charge < -0.3 is 20.1 Å². The third-order valence-electron chi connectivity index (χ3n) is 3.07. The van der Waals surface area contributed by atoms with E-state index in [0.29, 0.717) is 28.8 Å². The van der Waals surface area contributed by atoms with Crippen molar-refractivity contribution in [3.8, 4) is 11.5 Å². The van der Waals surface area contributed by atoms with Gasteiger partial charge in [-0.15, -0.1) is 0 Å². The monoisotopic (exact) mass is 362 g/mol. The lowest BCUT2D eigenvalue weighted by atomic mass is 10.3. The van der Waals surface area contributed by atoms with Gasteiger partial charge in [-0.05, 0) is 55.5 Å². The van der Waals surface area contributed by atoms with Crippen LogP contribution in [0.15, 0.2) is 48.5 Å². The second kappa shape index (κ2) is 9.54. The Hall–Kier alpha value is -2.73. The van der Waals surface area contributed by atoms with E-state index in [2.05, 4.69) is 10.6 Å². The standard InChI is InChI=1S/C18H19ClN2O4/c1-2-20-17(22)11-24-16-9-5-14(6-10-16)21-18(23)12-25-15-7-3-13(19)4-8-15/h3-10H,2,11-12H2,1H3,(H,20,22)(H,21,23). The molecule has 0 aliphatic carbocycles. The molecule has 0 aliphatic heterocycles. The van der Waals surface area contributed by atoms with Crippen LogP contribution >= 0.6 is 11.6 Å². The van der Waals surface area contributed by atoms with Gasteiger partial charge in [-0.1, -0.05) is 11.6 Å². The van der Waals surface area contributed by atoms with E-state index in [9.17, 15) is 9.59 Å². The summed E-state index contributed by atoms with van der Waals surface area (Å²) < 4.78 is 10.7. The maximum atomic E-state index is 11.9. The molecular weight excluding hydrogens is 344 g/mol.